The van der Waals surface area contributed by atoms with E-state index < -0.39 is 23.8 Å². The van der Waals surface area contributed by atoms with Gasteiger partial charge in [0.2, 0.25) is 0 Å². The molecule has 2 heterocycles. The minimum absolute atomic E-state index is 0.0329. The van der Waals surface area contributed by atoms with E-state index in [1.165, 1.54) is 11.0 Å². The average molecular weight is 448 g/mol. The number of nitrogens with one attached hydrogen (secondary N) is 1. The van der Waals surface area contributed by atoms with Crippen molar-refractivity contribution in [2.75, 3.05) is 4.90 Å². The molecule has 1 saturated heterocycles. The molecule has 2 amide bonds. The summed E-state index contributed by atoms with van der Waals surface area (Å²) in [5.41, 5.74) is 4.04. The predicted octanol–water partition coefficient (Wildman–Crippen LogP) is 3.74. The number of carboxylic acids is 1. The molecule has 1 atom stereocenters. The van der Waals surface area contributed by atoms with Crippen molar-refractivity contribution < 1.29 is 19.5 Å². The Kier molecular flexibility index (Phi) is 5.40. The van der Waals surface area contributed by atoms with Crippen LogP contribution in [0.15, 0.2) is 54.2 Å². The highest BCUT2D eigenvalue weighted by Gasteiger charge is 2.34. The van der Waals surface area contributed by atoms with Gasteiger partial charge < -0.3 is 9.67 Å². The third kappa shape index (κ3) is 3.69. The predicted molar refractivity (Wildman–Crippen MR) is 126 cm³/mol. The van der Waals surface area contributed by atoms with Gasteiger partial charge in [0.05, 0.1) is 5.69 Å². The number of anilines is 1. The van der Waals surface area contributed by atoms with E-state index in [9.17, 15) is 19.5 Å². The molecular weight excluding hydrogens is 426 g/mol. The fourth-order valence-corrected chi connectivity index (χ4v) is 3.93. The number of aliphatic carboxylic acids is 1. The zero-order valence-electron chi connectivity index (χ0n) is 17.7. The van der Waals surface area contributed by atoms with Crippen molar-refractivity contribution in [2.24, 2.45) is 0 Å². The molecule has 0 saturated carbocycles. The molecule has 0 bridgehead atoms. The van der Waals surface area contributed by atoms with Crippen LogP contribution in [0, 0.1) is 13.8 Å². The fourth-order valence-electron chi connectivity index (χ4n) is 3.65. The second-order valence-corrected chi connectivity index (χ2v) is 8.17. The smallest absolute Gasteiger partial charge is 0.326 e. The Morgan fingerprint density at radius 3 is 2.53 bits per heavy atom. The van der Waals surface area contributed by atoms with Crippen LogP contribution in [0.4, 0.5) is 5.69 Å². The highest BCUT2D eigenvalue weighted by atomic mass is 32.1. The number of nitrogens with zero attached hydrogens (tertiary/aromatic N) is 2. The van der Waals surface area contributed by atoms with Gasteiger partial charge in [0.25, 0.3) is 11.8 Å². The number of amides is 2. The van der Waals surface area contributed by atoms with Crippen LogP contribution in [0.5, 0.6) is 0 Å². The Hall–Kier alpha value is -3.78. The van der Waals surface area contributed by atoms with Crippen molar-refractivity contribution in [3.05, 3.63) is 70.9 Å². The molecule has 0 spiro atoms. The lowest BCUT2D eigenvalue weighted by Crippen LogP contribution is -2.54. The largest absolute Gasteiger partial charge is 0.480 e. The molecule has 3 aromatic rings. The number of aromatic nitrogens is 1. The lowest BCUT2D eigenvalue weighted by atomic mass is 10.0. The summed E-state index contributed by atoms with van der Waals surface area (Å²) >= 11 is 5.26. The number of carbonyl (C=O) groups is 3. The normalized spacial score (nSPS) is 16.5. The summed E-state index contributed by atoms with van der Waals surface area (Å²) in [6, 6.07) is 12.0. The number of carboxylic acid groups (broad SMARTS) is 1. The van der Waals surface area contributed by atoms with Gasteiger partial charge >= 0.3 is 5.97 Å². The molecule has 1 fully saturated rings. The summed E-state index contributed by atoms with van der Waals surface area (Å²) in [5, 5.41) is 12.7. The van der Waals surface area contributed by atoms with E-state index in [2.05, 4.69) is 5.32 Å². The topological polar surface area (TPSA) is 91.6 Å². The van der Waals surface area contributed by atoms with Gasteiger partial charge in [0.1, 0.15) is 11.6 Å². The number of carbonyl (C=O) groups excluding carboxylic acids is 2. The van der Waals surface area contributed by atoms with Crippen LogP contribution in [-0.4, -0.2) is 32.6 Å². The first-order valence-corrected chi connectivity index (χ1v) is 10.4. The number of hydrogen-bond donors (Lipinski definition) is 2. The lowest BCUT2D eigenvalue weighted by Gasteiger charge is -2.29. The number of thiocarbonyl (C=S) groups is 1. The van der Waals surface area contributed by atoms with Crippen LogP contribution in [-0.2, 0) is 14.4 Å². The van der Waals surface area contributed by atoms with Gasteiger partial charge in [-0.05, 0) is 86.1 Å². The molecule has 2 N–H and O–H groups in total. The summed E-state index contributed by atoms with van der Waals surface area (Å²) in [5.74, 6) is -1.99. The third-order valence-corrected chi connectivity index (χ3v) is 5.97. The van der Waals surface area contributed by atoms with Crippen LogP contribution in [0.1, 0.15) is 29.7 Å². The molecule has 0 radical (unpaired) electrons. The zero-order valence-corrected chi connectivity index (χ0v) is 18.6. The SMILES string of the molecule is Cc1ccc(N2C(=O)/C(=C/c3ccc4c(ccn4[C@@H](C)C(=O)O)c3)C(=O)NC2=S)cc1C. The van der Waals surface area contributed by atoms with Gasteiger partial charge in [-0.3, -0.25) is 19.8 Å². The van der Waals surface area contributed by atoms with Crippen LogP contribution in [0.2, 0.25) is 0 Å². The zero-order chi connectivity index (χ0) is 23.2. The Morgan fingerprint density at radius 2 is 1.84 bits per heavy atom. The standard InChI is InChI=1S/C24H21N3O4S/c1-13-4-6-18(10-14(13)2)27-22(29)19(21(28)25-24(27)32)12-16-5-7-20-17(11-16)8-9-26(20)15(3)23(30)31/h4-12,15H,1-3H3,(H,30,31)(H,25,28,32)/b19-12+/t15-/m0/s1. The van der Waals surface area contributed by atoms with Gasteiger partial charge in [-0.25, -0.2) is 4.79 Å². The van der Waals surface area contributed by atoms with Crippen LogP contribution in [0.3, 0.4) is 0 Å². The summed E-state index contributed by atoms with van der Waals surface area (Å²) < 4.78 is 1.66. The van der Waals surface area contributed by atoms with Crippen molar-refractivity contribution in [3.8, 4) is 0 Å². The average Bonchev–Trinajstić information content (AvgIpc) is 3.16. The monoisotopic (exact) mass is 447 g/mol. The molecule has 162 valence electrons. The van der Waals surface area contributed by atoms with Crippen LogP contribution >= 0.6 is 12.2 Å². The van der Waals surface area contributed by atoms with E-state index in [0.717, 1.165) is 22.0 Å². The van der Waals surface area contributed by atoms with Crippen molar-refractivity contribution >= 4 is 57.8 Å². The van der Waals surface area contributed by atoms with E-state index in [-0.39, 0.29) is 10.7 Å². The molecule has 1 aliphatic rings. The van der Waals surface area contributed by atoms with E-state index >= 15 is 0 Å². The Labute approximate surface area is 189 Å². The molecule has 4 rings (SSSR count). The molecule has 1 aromatic heterocycles. The van der Waals surface area contributed by atoms with Gasteiger partial charge in [-0.2, -0.15) is 0 Å². The number of hydrogen-bond acceptors (Lipinski definition) is 4. The molecule has 2 aromatic carbocycles. The van der Waals surface area contributed by atoms with E-state index in [4.69, 9.17) is 12.2 Å². The van der Waals surface area contributed by atoms with Crippen molar-refractivity contribution in [3.63, 3.8) is 0 Å². The summed E-state index contributed by atoms with van der Waals surface area (Å²) in [6.07, 6.45) is 3.23. The maximum absolute atomic E-state index is 13.2. The molecule has 0 unspecified atom stereocenters. The minimum Gasteiger partial charge on any atom is -0.480 e. The van der Waals surface area contributed by atoms with Crippen molar-refractivity contribution in [1.82, 2.24) is 9.88 Å². The molecule has 0 aliphatic carbocycles. The Balaban J connectivity index is 1.72. The molecule has 1 aliphatic heterocycles. The molecule has 32 heavy (non-hydrogen) atoms. The minimum atomic E-state index is -0.930. The molecule has 7 nitrogen and oxygen atoms in total. The second-order valence-electron chi connectivity index (χ2n) is 7.78. The van der Waals surface area contributed by atoms with E-state index in [1.54, 1.807) is 48.0 Å². The Bertz CT molecular complexity index is 1340. The van der Waals surface area contributed by atoms with E-state index in [0.29, 0.717) is 11.3 Å². The number of aryl methyl sites for hydroxylation is 2. The maximum Gasteiger partial charge on any atom is 0.326 e. The Morgan fingerprint density at radius 1 is 1.09 bits per heavy atom. The number of benzene rings is 2. The van der Waals surface area contributed by atoms with Gasteiger partial charge in [-0.15, -0.1) is 0 Å². The van der Waals surface area contributed by atoms with Crippen molar-refractivity contribution in [2.45, 2.75) is 26.8 Å². The highest BCUT2D eigenvalue weighted by Crippen LogP contribution is 2.26. The number of fused-ring (bicyclic) bond motifs is 1. The lowest BCUT2D eigenvalue weighted by molar-refractivity contribution is -0.140. The van der Waals surface area contributed by atoms with E-state index in [1.807, 2.05) is 26.0 Å². The quantitative estimate of drug-likeness (QED) is 0.361. The van der Waals surface area contributed by atoms with Gasteiger partial charge in [0.15, 0.2) is 5.11 Å². The molecule has 8 heteroatoms. The molecular formula is C24H21N3O4S. The van der Waals surface area contributed by atoms with Crippen LogP contribution < -0.4 is 10.2 Å². The summed E-state index contributed by atoms with van der Waals surface area (Å²) in [7, 11) is 0. The highest BCUT2D eigenvalue weighted by molar-refractivity contribution is 7.80. The maximum atomic E-state index is 13.2. The first-order valence-electron chi connectivity index (χ1n) is 9.99. The summed E-state index contributed by atoms with van der Waals surface area (Å²) in [6.45, 7) is 5.52. The second kappa shape index (κ2) is 8.05. The van der Waals surface area contributed by atoms with Gasteiger partial charge in [0, 0.05) is 17.1 Å². The first kappa shape index (κ1) is 21.5. The summed E-state index contributed by atoms with van der Waals surface area (Å²) in [4.78, 5) is 38.4. The van der Waals surface area contributed by atoms with Gasteiger partial charge in [-0.1, -0.05) is 12.1 Å². The third-order valence-electron chi connectivity index (χ3n) is 5.68. The number of rotatable bonds is 4. The van der Waals surface area contributed by atoms with Crippen molar-refractivity contribution in [1.29, 1.82) is 0 Å². The first-order chi connectivity index (χ1) is 15.2. The fraction of sp³-hybridized carbons (Fsp3) is 0.167. The van der Waals surface area contributed by atoms with Crippen LogP contribution in [0.25, 0.3) is 17.0 Å².